The molecule has 0 unspecified atom stereocenters. The molecule has 0 aliphatic rings. The summed E-state index contributed by atoms with van der Waals surface area (Å²) in [6.45, 7) is 3.84. The first kappa shape index (κ1) is 10.2. The van der Waals surface area contributed by atoms with Gasteiger partial charge in [-0.3, -0.25) is 0 Å². The fourth-order valence-electron chi connectivity index (χ4n) is 1.26. The van der Waals surface area contributed by atoms with Crippen molar-refractivity contribution >= 4 is 0 Å². The second kappa shape index (κ2) is 4.38. The van der Waals surface area contributed by atoms with Gasteiger partial charge < -0.3 is 5.11 Å². The number of benzene rings is 1. The lowest BCUT2D eigenvalue weighted by atomic mass is 10.0. The Morgan fingerprint density at radius 3 is 2.77 bits per heavy atom. The Bertz CT molecular complexity index is 283. The van der Waals surface area contributed by atoms with E-state index in [-0.39, 0.29) is 11.9 Å². The van der Waals surface area contributed by atoms with E-state index in [9.17, 15) is 9.50 Å². The average molecular weight is 182 g/mol. The molecular formula is C11H15FO. The van der Waals surface area contributed by atoms with Gasteiger partial charge in [-0.05, 0) is 43.0 Å². The van der Waals surface area contributed by atoms with Crippen LogP contribution in [0.4, 0.5) is 4.39 Å². The van der Waals surface area contributed by atoms with Gasteiger partial charge in [0.2, 0.25) is 0 Å². The molecule has 1 atom stereocenters. The number of aliphatic hydroxyl groups is 1. The minimum Gasteiger partial charge on any atom is -0.393 e. The van der Waals surface area contributed by atoms with Gasteiger partial charge in [-0.25, -0.2) is 4.39 Å². The molecule has 0 heterocycles. The quantitative estimate of drug-likeness (QED) is 0.761. The van der Waals surface area contributed by atoms with E-state index in [4.69, 9.17) is 0 Å². The van der Waals surface area contributed by atoms with Crippen molar-refractivity contribution < 1.29 is 9.50 Å². The second-order valence-corrected chi connectivity index (χ2v) is 3.34. The maximum absolute atomic E-state index is 12.8. The van der Waals surface area contributed by atoms with E-state index in [1.807, 2.05) is 13.8 Å². The van der Waals surface area contributed by atoms with Crippen LogP contribution in [0.15, 0.2) is 18.2 Å². The largest absolute Gasteiger partial charge is 0.393 e. The topological polar surface area (TPSA) is 20.2 Å². The maximum atomic E-state index is 12.8. The lowest BCUT2D eigenvalue weighted by molar-refractivity contribution is 0.170. The highest BCUT2D eigenvalue weighted by Crippen LogP contribution is 2.13. The molecule has 1 rings (SSSR count). The summed E-state index contributed by atoms with van der Waals surface area (Å²) in [5, 5.41) is 9.40. The molecule has 72 valence electrons. The van der Waals surface area contributed by atoms with E-state index < -0.39 is 0 Å². The van der Waals surface area contributed by atoms with E-state index in [2.05, 4.69) is 0 Å². The molecule has 0 saturated heterocycles. The van der Waals surface area contributed by atoms with Crippen LogP contribution >= 0.6 is 0 Å². The summed E-state index contributed by atoms with van der Waals surface area (Å²) >= 11 is 0. The Hall–Kier alpha value is -0.890. The zero-order chi connectivity index (χ0) is 9.84. The van der Waals surface area contributed by atoms with Crippen LogP contribution in [0.3, 0.4) is 0 Å². The molecule has 13 heavy (non-hydrogen) atoms. The Morgan fingerprint density at radius 2 is 2.15 bits per heavy atom. The number of hydrogen-bond donors (Lipinski definition) is 1. The van der Waals surface area contributed by atoms with Crippen molar-refractivity contribution in [3.63, 3.8) is 0 Å². The van der Waals surface area contributed by atoms with Gasteiger partial charge in [-0.2, -0.15) is 0 Å². The van der Waals surface area contributed by atoms with Crippen LogP contribution < -0.4 is 0 Å². The number of aryl methyl sites for hydroxylation is 1. The zero-order valence-electron chi connectivity index (χ0n) is 8.05. The minimum atomic E-state index is -0.361. The van der Waals surface area contributed by atoms with Crippen molar-refractivity contribution in [3.8, 4) is 0 Å². The van der Waals surface area contributed by atoms with Crippen LogP contribution in [0, 0.1) is 12.7 Å². The van der Waals surface area contributed by atoms with Crippen LogP contribution in [0.1, 0.15) is 24.5 Å². The Balaban J connectivity index is 2.81. The van der Waals surface area contributed by atoms with Crippen molar-refractivity contribution in [2.24, 2.45) is 0 Å². The fourth-order valence-corrected chi connectivity index (χ4v) is 1.26. The van der Waals surface area contributed by atoms with Crippen LogP contribution in [0.25, 0.3) is 0 Å². The Kier molecular flexibility index (Phi) is 3.43. The van der Waals surface area contributed by atoms with Gasteiger partial charge >= 0.3 is 0 Å². The molecule has 0 amide bonds. The lowest BCUT2D eigenvalue weighted by Gasteiger charge is -2.10. The van der Waals surface area contributed by atoms with Crippen LogP contribution in [-0.2, 0) is 6.42 Å². The van der Waals surface area contributed by atoms with Crippen molar-refractivity contribution in [3.05, 3.63) is 35.1 Å². The zero-order valence-corrected chi connectivity index (χ0v) is 8.05. The van der Waals surface area contributed by atoms with E-state index in [1.165, 1.54) is 12.1 Å². The summed E-state index contributed by atoms with van der Waals surface area (Å²) in [4.78, 5) is 0. The summed E-state index contributed by atoms with van der Waals surface area (Å²) in [6.07, 6.45) is 0.885. The summed E-state index contributed by atoms with van der Waals surface area (Å²) in [5.74, 6) is -0.232. The predicted molar refractivity (Wildman–Crippen MR) is 51.1 cm³/mol. The number of aliphatic hydroxyl groups excluding tert-OH is 1. The third kappa shape index (κ3) is 2.81. The van der Waals surface area contributed by atoms with Crippen LogP contribution in [-0.4, -0.2) is 11.2 Å². The second-order valence-electron chi connectivity index (χ2n) is 3.34. The Labute approximate surface area is 78.2 Å². The summed E-state index contributed by atoms with van der Waals surface area (Å²) in [5.41, 5.74) is 1.93. The molecule has 2 heteroatoms. The first-order valence-electron chi connectivity index (χ1n) is 4.56. The van der Waals surface area contributed by atoms with E-state index in [0.29, 0.717) is 12.8 Å². The highest BCUT2D eigenvalue weighted by atomic mass is 19.1. The molecule has 1 aromatic rings. The lowest BCUT2D eigenvalue weighted by Crippen LogP contribution is -2.09. The standard InChI is InChI=1S/C11H15FO/c1-3-11(13)7-9-6-10(12)5-4-8(9)2/h4-6,11,13H,3,7H2,1-2H3/t11-/m1/s1. The first-order valence-corrected chi connectivity index (χ1v) is 4.56. The van der Waals surface area contributed by atoms with Gasteiger partial charge in [-0.1, -0.05) is 13.0 Å². The molecule has 0 aliphatic heterocycles. The molecular weight excluding hydrogens is 167 g/mol. The number of halogens is 1. The van der Waals surface area contributed by atoms with Gasteiger partial charge in [-0.15, -0.1) is 0 Å². The van der Waals surface area contributed by atoms with E-state index >= 15 is 0 Å². The van der Waals surface area contributed by atoms with Gasteiger partial charge in [0, 0.05) is 0 Å². The van der Waals surface area contributed by atoms with Gasteiger partial charge in [0.15, 0.2) is 0 Å². The molecule has 0 radical (unpaired) electrons. The smallest absolute Gasteiger partial charge is 0.123 e. The highest BCUT2D eigenvalue weighted by Gasteiger charge is 2.05. The van der Waals surface area contributed by atoms with Crippen LogP contribution in [0.2, 0.25) is 0 Å². The molecule has 0 bridgehead atoms. The van der Waals surface area contributed by atoms with Gasteiger partial charge in [0.1, 0.15) is 5.82 Å². The minimum absolute atomic E-state index is 0.232. The fraction of sp³-hybridized carbons (Fsp3) is 0.455. The summed E-state index contributed by atoms with van der Waals surface area (Å²) in [6, 6.07) is 4.68. The summed E-state index contributed by atoms with van der Waals surface area (Å²) < 4.78 is 12.8. The van der Waals surface area contributed by atoms with E-state index in [1.54, 1.807) is 6.07 Å². The molecule has 0 spiro atoms. The molecule has 1 nitrogen and oxygen atoms in total. The van der Waals surface area contributed by atoms with Gasteiger partial charge in [0.25, 0.3) is 0 Å². The molecule has 0 aliphatic carbocycles. The predicted octanol–water partition coefficient (Wildman–Crippen LogP) is 2.45. The van der Waals surface area contributed by atoms with Crippen molar-refractivity contribution in [2.45, 2.75) is 32.8 Å². The molecule has 0 fully saturated rings. The maximum Gasteiger partial charge on any atom is 0.123 e. The first-order chi connectivity index (χ1) is 6.13. The van der Waals surface area contributed by atoms with Gasteiger partial charge in [0.05, 0.1) is 6.10 Å². The number of rotatable bonds is 3. The normalized spacial score (nSPS) is 12.9. The van der Waals surface area contributed by atoms with Crippen LogP contribution in [0.5, 0.6) is 0 Å². The van der Waals surface area contributed by atoms with Crippen molar-refractivity contribution in [2.75, 3.05) is 0 Å². The Morgan fingerprint density at radius 1 is 1.46 bits per heavy atom. The molecule has 0 saturated carbocycles. The monoisotopic (exact) mass is 182 g/mol. The molecule has 1 aromatic carbocycles. The molecule has 1 N–H and O–H groups in total. The molecule has 0 aromatic heterocycles. The SMILES string of the molecule is CC[C@@H](O)Cc1cc(F)ccc1C. The summed E-state index contributed by atoms with van der Waals surface area (Å²) in [7, 11) is 0. The van der Waals surface area contributed by atoms with E-state index in [0.717, 1.165) is 11.1 Å². The number of hydrogen-bond acceptors (Lipinski definition) is 1. The average Bonchev–Trinajstić information content (AvgIpc) is 2.11. The van der Waals surface area contributed by atoms with Crippen molar-refractivity contribution in [1.82, 2.24) is 0 Å². The third-order valence-corrected chi connectivity index (χ3v) is 2.24. The third-order valence-electron chi connectivity index (χ3n) is 2.24. The highest BCUT2D eigenvalue weighted by molar-refractivity contribution is 5.27. The van der Waals surface area contributed by atoms with Crippen molar-refractivity contribution in [1.29, 1.82) is 0 Å².